The summed E-state index contributed by atoms with van der Waals surface area (Å²) in [5.41, 5.74) is 0. The largest absolute Gasteiger partial charge is 0.377 e. The Morgan fingerprint density at radius 1 is 1.55 bits per heavy atom. The highest BCUT2D eigenvalue weighted by atomic mass is 16.5. The van der Waals surface area contributed by atoms with E-state index in [0.717, 1.165) is 13.2 Å². The van der Waals surface area contributed by atoms with Gasteiger partial charge >= 0.3 is 0 Å². The van der Waals surface area contributed by atoms with E-state index in [4.69, 9.17) is 4.74 Å². The van der Waals surface area contributed by atoms with Gasteiger partial charge in [0, 0.05) is 19.7 Å². The lowest BCUT2D eigenvalue weighted by molar-refractivity contribution is 0.0510. The van der Waals surface area contributed by atoms with Crippen LogP contribution in [0, 0.1) is 0 Å². The summed E-state index contributed by atoms with van der Waals surface area (Å²) in [4.78, 5) is 2.37. The number of hydrogen-bond donors (Lipinski definition) is 0. The van der Waals surface area contributed by atoms with Gasteiger partial charge in [-0.1, -0.05) is 13.3 Å². The quantitative estimate of drug-likeness (QED) is 0.602. The summed E-state index contributed by atoms with van der Waals surface area (Å²) in [6.45, 7) is 5.48. The Bertz CT molecular complexity index is 106. The first kappa shape index (κ1) is 9.01. The second-order valence-corrected chi connectivity index (χ2v) is 3.40. The second kappa shape index (κ2) is 4.73. The molecule has 2 nitrogen and oxygen atoms in total. The molecule has 1 unspecified atom stereocenters. The van der Waals surface area contributed by atoms with Crippen molar-refractivity contribution in [3.63, 3.8) is 0 Å². The average molecular weight is 157 g/mol. The van der Waals surface area contributed by atoms with Gasteiger partial charge in [0.05, 0.1) is 6.10 Å². The van der Waals surface area contributed by atoms with E-state index < -0.39 is 0 Å². The second-order valence-electron chi connectivity index (χ2n) is 3.40. The van der Waals surface area contributed by atoms with Gasteiger partial charge in [0.15, 0.2) is 0 Å². The topological polar surface area (TPSA) is 12.5 Å². The Labute approximate surface area is 69.5 Å². The average Bonchev–Trinajstić information content (AvgIpc) is 2.15. The van der Waals surface area contributed by atoms with Crippen molar-refractivity contribution in [2.75, 3.05) is 26.7 Å². The smallest absolute Gasteiger partial charge is 0.0701 e. The van der Waals surface area contributed by atoms with Gasteiger partial charge in [0.25, 0.3) is 0 Å². The first-order valence-electron chi connectivity index (χ1n) is 4.63. The van der Waals surface area contributed by atoms with Crippen molar-refractivity contribution >= 4 is 0 Å². The highest BCUT2D eigenvalue weighted by molar-refractivity contribution is 4.66. The van der Waals surface area contributed by atoms with Gasteiger partial charge in [0.1, 0.15) is 0 Å². The fourth-order valence-corrected chi connectivity index (χ4v) is 1.57. The summed E-state index contributed by atoms with van der Waals surface area (Å²) in [5.74, 6) is 0. The molecule has 1 atom stereocenters. The zero-order chi connectivity index (χ0) is 8.10. The van der Waals surface area contributed by atoms with Gasteiger partial charge in [-0.25, -0.2) is 0 Å². The number of nitrogens with zero attached hydrogens (tertiary/aromatic N) is 1. The molecule has 11 heavy (non-hydrogen) atoms. The van der Waals surface area contributed by atoms with E-state index in [0.29, 0.717) is 6.10 Å². The van der Waals surface area contributed by atoms with Crippen molar-refractivity contribution in [2.45, 2.75) is 32.3 Å². The van der Waals surface area contributed by atoms with Crippen LogP contribution in [0.1, 0.15) is 26.2 Å². The molecule has 0 aromatic heterocycles. The number of ether oxygens (including phenoxy) is 1. The minimum Gasteiger partial charge on any atom is -0.377 e. The summed E-state index contributed by atoms with van der Waals surface area (Å²) in [6.07, 6.45) is 4.13. The molecule has 0 aromatic carbocycles. The standard InChI is InChI=1S/C9H19NO/c1-3-5-9-8-10(2)6-4-7-11-9/h9H,3-8H2,1-2H3. The molecular formula is C9H19NO. The summed E-state index contributed by atoms with van der Waals surface area (Å²) < 4.78 is 5.67. The molecular weight excluding hydrogens is 138 g/mol. The maximum Gasteiger partial charge on any atom is 0.0701 e. The Hall–Kier alpha value is -0.0800. The SMILES string of the molecule is CCCC1CN(C)CCCO1. The van der Waals surface area contributed by atoms with Crippen molar-refractivity contribution in [3.8, 4) is 0 Å². The number of rotatable bonds is 2. The minimum absolute atomic E-state index is 0.493. The fourth-order valence-electron chi connectivity index (χ4n) is 1.57. The van der Waals surface area contributed by atoms with E-state index in [1.54, 1.807) is 0 Å². The molecule has 1 aliphatic heterocycles. The Kier molecular flexibility index (Phi) is 3.87. The van der Waals surface area contributed by atoms with E-state index in [-0.39, 0.29) is 0 Å². The van der Waals surface area contributed by atoms with Gasteiger partial charge < -0.3 is 9.64 Å². The molecule has 1 heterocycles. The van der Waals surface area contributed by atoms with E-state index in [1.165, 1.54) is 25.8 Å². The van der Waals surface area contributed by atoms with Crippen LogP contribution < -0.4 is 0 Å². The predicted molar refractivity (Wildman–Crippen MR) is 46.8 cm³/mol. The van der Waals surface area contributed by atoms with Crippen LogP contribution in [-0.2, 0) is 4.74 Å². The lowest BCUT2D eigenvalue weighted by atomic mass is 10.2. The van der Waals surface area contributed by atoms with Crippen LogP contribution >= 0.6 is 0 Å². The summed E-state index contributed by atoms with van der Waals surface area (Å²) in [6, 6.07) is 0. The highest BCUT2D eigenvalue weighted by Crippen LogP contribution is 2.08. The molecule has 0 N–H and O–H groups in total. The van der Waals surface area contributed by atoms with Crippen LogP contribution in [0.5, 0.6) is 0 Å². The summed E-state index contributed by atoms with van der Waals surface area (Å²) >= 11 is 0. The predicted octanol–water partition coefficient (Wildman–Crippen LogP) is 1.51. The maximum absolute atomic E-state index is 5.67. The molecule has 0 radical (unpaired) electrons. The van der Waals surface area contributed by atoms with E-state index in [9.17, 15) is 0 Å². The molecule has 1 aliphatic rings. The van der Waals surface area contributed by atoms with E-state index >= 15 is 0 Å². The zero-order valence-electron chi connectivity index (χ0n) is 7.68. The molecule has 1 rings (SSSR count). The summed E-state index contributed by atoms with van der Waals surface area (Å²) in [5, 5.41) is 0. The Morgan fingerprint density at radius 2 is 2.36 bits per heavy atom. The highest BCUT2D eigenvalue weighted by Gasteiger charge is 2.14. The Balaban J connectivity index is 2.27. The van der Waals surface area contributed by atoms with Crippen LogP contribution in [0.2, 0.25) is 0 Å². The molecule has 1 fully saturated rings. The van der Waals surface area contributed by atoms with Crippen molar-refractivity contribution in [1.29, 1.82) is 0 Å². The molecule has 0 saturated carbocycles. The van der Waals surface area contributed by atoms with Crippen LogP contribution in [0.4, 0.5) is 0 Å². The van der Waals surface area contributed by atoms with Crippen molar-refractivity contribution in [1.82, 2.24) is 4.90 Å². The molecule has 0 bridgehead atoms. The third-order valence-electron chi connectivity index (χ3n) is 2.16. The van der Waals surface area contributed by atoms with Crippen LogP contribution in [0.3, 0.4) is 0 Å². The summed E-state index contributed by atoms with van der Waals surface area (Å²) in [7, 11) is 2.18. The van der Waals surface area contributed by atoms with Crippen molar-refractivity contribution in [3.05, 3.63) is 0 Å². The monoisotopic (exact) mass is 157 g/mol. The first-order valence-corrected chi connectivity index (χ1v) is 4.63. The van der Waals surface area contributed by atoms with Crippen molar-refractivity contribution in [2.24, 2.45) is 0 Å². The fraction of sp³-hybridized carbons (Fsp3) is 1.00. The van der Waals surface area contributed by atoms with E-state index in [1.807, 2.05) is 0 Å². The third kappa shape index (κ3) is 3.21. The van der Waals surface area contributed by atoms with Crippen LogP contribution in [0.25, 0.3) is 0 Å². The van der Waals surface area contributed by atoms with Crippen LogP contribution in [-0.4, -0.2) is 37.7 Å². The van der Waals surface area contributed by atoms with Crippen LogP contribution in [0.15, 0.2) is 0 Å². The number of hydrogen-bond acceptors (Lipinski definition) is 2. The third-order valence-corrected chi connectivity index (χ3v) is 2.16. The van der Waals surface area contributed by atoms with Gasteiger partial charge in [-0.2, -0.15) is 0 Å². The Morgan fingerprint density at radius 3 is 3.09 bits per heavy atom. The minimum atomic E-state index is 0.493. The molecule has 66 valence electrons. The molecule has 0 aromatic rings. The number of likely N-dealkylation sites (N-methyl/N-ethyl adjacent to an activating group) is 1. The molecule has 2 heteroatoms. The van der Waals surface area contributed by atoms with Crippen molar-refractivity contribution < 1.29 is 4.74 Å². The molecule has 0 spiro atoms. The van der Waals surface area contributed by atoms with Gasteiger partial charge in [0.2, 0.25) is 0 Å². The van der Waals surface area contributed by atoms with Gasteiger partial charge in [-0.3, -0.25) is 0 Å². The zero-order valence-corrected chi connectivity index (χ0v) is 7.68. The first-order chi connectivity index (χ1) is 5.33. The maximum atomic E-state index is 5.67. The van der Waals surface area contributed by atoms with Gasteiger partial charge in [-0.15, -0.1) is 0 Å². The molecule has 1 saturated heterocycles. The molecule has 0 aliphatic carbocycles. The lowest BCUT2D eigenvalue weighted by Gasteiger charge is -2.18. The lowest BCUT2D eigenvalue weighted by Crippen LogP contribution is -2.28. The van der Waals surface area contributed by atoms with Gasteiger partial charge in [-0.05, 0) is 19.9 Å². The molecule has 0 amide bonds. The normalized spacial score (nSPS) is 28.4. The van der Waals surface area contributed by atoms with E-state index in [2.05, 4.69) is 18.9 Å².